The molecule has 1 amide bonds. The standard InChI is InChI=1S/C15H19N3O6S/c1-8(19)12-9-6-10(13(15(22)23)18(9)14(12)21)25-5-2-11(20)24-4-3-17-7-16/h2,5,7-9,12,19H,3-4,6H2,1H3,(H2,16,17)(H,22,23)/b5-2-/t8-,9?,12?/m0/s1. The Morgan fingerprint density at radius 3 is 2.88 bits per heavy atom. The number of thioether (sulfide) groups is 1. The van der Waals surface area contributed by atoms with Gasteiger partial charge in [-0.05, 0) is 12.3 Å². The summed E-state index contributed by atoms with van der Waals surface area (Å²) in [5.74, 6) is -2.78. The van der Waals surface area contributed by atoms with Crippen molar-refractivity contribution in [2.24, 2.45) is 16.6 Å². The van der Waals surface area contributed by atoms with Gasteiger partial charge in [0.2, 0.25) is 5.91 Å². The molecule has 0 aromatic rings. The van der Waals surface area contributed by atoms with Crippen molar-refractivity contribution >= 4 is 35.9 Å². The zero-order valence-electron chi connectivity index (χ0n) is 13.5. The van der Waals surface area contributed by atoms with Crippen LogP contribution in [0.1, 0.15) is 13.3 Å². The number of esters is 1. The largest absolute Gasteiger partial charge is 0.477 e. The molecule has 0 aromatic carbocycles. The molecule has 0 bridgehead atoms. The number of β-lactam (4-membered cyclic amide) rings is 1. The number of nitrogens with two attached hydrogens (primary N) is 1. The van der Waals surface area contributed by atoms with Crippen LogP contribution in [0.3, 0.4) is 0 Å². The molecule has 3 atom stereocenters. The summed E-state index contributed by atoms with van der Waals surface area (Å²) in [4.78, 5) is 40.4. The van der Waals surface area contributed by atoms with Gasteiger partial charge in [-0.1, -0.05) is 11.8 Å². The lowest BCUT2D eigenvalue weighted by Crippen LogP contribution is -2.61. The number of aliphatic hydroxyl groups is 1. The lowest BCUT2D eigenvalue weighted by atomic mass is 9.83. The van der Waals surface area contributed by atoms with Crippen LogP contribution in [0, 0.1) is 5.92 Å². The zero-order valence-corrected chi connectivity index (χ0v) is 14.3. The first kappa shape index (κ1) is 19.0. The topological polar surface area (TPSA) is 143 Å². The molecular formula is C15H19N3O6S. The fraction of sp³-hybridized carbons (Fsp3) is 0.467. The Morgan fingerprint density at radius 1 is 1.56 bits per heavy atom. The summed E-state index contributed by atoms with van der Waals surface area (Å²) >= 11 is 1.05. The van der Waals surface area contributed by atoms with Crippen molar-refractivity contribution in [3.05, 3.63) is 22.1 Å². The molecule has 2 unspecified atom stereocenters. The van der Waals surface area contributed by atoms with E-state index in [-0.39, 0.29) is 24.9 Å². The van der Waals surface area contributed by atoms with Crippen molar-refractivity contribution in [2.45, 2.75) is 25.5 Å². The summed E-state index contributed by atoms with van der Waals surface area (Å²) in [6.45, 7) is 1.86. The maximum absolute atomic E-state index is 12.0. The average Bonchev–Trinajstić information content (AvgIpc) is 2.85. The molecule has 0 saturated carbocycles. The quantitative estimate of drug-likeness (QED) is 0.132. The van der Waals surface area contributed by atoms with E-state index in [2.05, 4.69) is 4.99 Å². The number of ether oxygens (including phenoxy) is 1. The Bertz CT molecular complexity index is 658. The third-order valence-electron chi connectivity index (χ3n) is 3.88. The molecule has 2 heterocycles. The van der Waals surface area contributed by atoms with E-state index in [0.717, 1.165) is 18.1 Å². The summed E-state index contributed by atoms with van der Waals surface area (Å²) < 4.78 is 4.86. The SMILES string of the molecule is C[C@H](O)C1C(=O)N2C(C(=O)O)=C(S/C=C\C(=O)OCCN=CN)CC12. The van der Waals surface area contributed by atoms with Gasteiger partial charge in [-0.15, -0.1) is 0 Å². The van der Waals surface area contributed by atoms with Gasteiger partial charge in [0, 0.05) is 17.4 Å². The summed E-state index contributed by atoms with van der Waals surface area (Å²) in [6, 6.07) is -0.351. The van der Waals surface area contributed by atoms with Crippen LogP contribution in [0.15, 0.2) is 27.1 Å². The zero-order chi connectivity index (χ0) is 18.6. The first-order chi connectivity index (χ1) is 11.9. The van der Waals surface area contributed by atoms with Crippen molar-refractivity contribution in [3.63, 3.8) is 0 Å². The number of nitrogens with zero attached hydrogens (tertiary/aromatic N) is 2. The van der Waals surface area contributed by atoms with Gasteiger partial charge in [0.15, 0.2) is 0 Å². The molecule has 9 nitrogen and oxygen atoms in total. The predicted molar refractivity (Wildman–Crippen MR) is 90.3 cm³/mol. The predicted octanol–water partition coefficient (Wildman–Crippen LogP) is -0.329. The highest BCUT2D eigenvalue weighted by Gasteiger charge is 2.56. The number of carboxylic acid groups (broad SMARTS) is 1. The molecule has 10 heteroatoms. The number of hydrogen-bond donors (Lipinski definition) is 3. The number of aliphatic imine (C=N–C) groups is 1. The van der Waals surface area contributed by atoms with Gasteiger partial charge in [-0.2, -0.15) is 0 Å². The summed E-state index contributed by atoms with van der Waals surface area (Å²) in [5.41, 5.74) is 4.96. The molecule has 25 heavy (non-hydrogen) atoms. The second-order valence-corrected chi connectivity index (χ2v) is 6.47. The second kappa shape index (κ2) is 8.17. The summed E-state index contributed by atoms with van der Waals surface area (Å²) in [7, 11) is 0. The van der Waals surface area contributed by atoms with E-state index in [1.165, 1.54) is 23.3 Å². The summed E-state index contributed by atoms with van der Waals surface area (Å²) in [5, 5.41) is 20.4. The van der Waals surface area contributed by atoms with Gasteiger partial charge in [0.05, 0.1) is 30.9 Å². The van der Waals surface area contributed by atoms with E-state index in [1.54, 1.807) is 0 Å². The molecule has 4 N–H and O–H groups in total. The van der Waals surface area contributed by atoms with Crippen LogP contribution in [0.2, 0.25) is 0 Å². The molecule has 1 saturated heterocycles. The van der Waals surface area contributed by atoms with Crippen LogP contribution < -0.4 is 5.73 Å². The Balaban J connectivity index is 1.97. The lowest BCUT2D eigenvalue weighted by molar-refractivity contribution is -0.161. The number of carbonyl (C=O) groups excluding carboxylic acids is 2. The number of carboxylic acids is 1. The molecule has 0 aromatic heterocycles. The fourth-order valence-corrected chi connectivity index (χ4v) is 3.74. The maximum Gasteiger partial charge on any atom is 0.353 e. The number of fused-ring (bicyclic) bond motifs is 1. The van der Waals surface area contributed by atoms with Crippen molar-refractivity contribution < 1.29 is 29.3 Å². The molecule has 0 spiro atoms. The molecule has 2 aliphatic rings. The molecule has 2 aliphatic heterocycles. The average molecular weight is 369 g/mol. The van der Waals surface area contributed by atoms with Crippen LogP contribution >= 0.6 is 11.8 Å². The van der Waals surface area contributed by atoms with Crippen molar-refractivity contribution in [1.29, 1.82) is 0 Å². The van der Waals surface area contributed by atoms with Crippen LogP contribution in [0.5, 0.6) is 0 Å². The third kappa shape index (κ3) is 4.02. The second-order valence-electron chi connectivity index (χ2n) is 5.47. The van der Waals surface area contributed by atoms with E-state index in [1.807, 2.05) is 0 Å². The number of hydrogen-bond acceptors (Lipinski definition) is 7. The van der Waals surface area contributed by atoms with Gasteiger partial charge >= 0.3 is 11.9 Å². The highest BCUT2D eigenvalue weighted by molar-refractivity contribution is 8.05. The number of aliphatic carboxylic acids is 1. The van der Waals surface area contributed by atoms with E-state index in [4.69, 9.17) is 10.5 Å². The Kier molecular flexibility index (Phi) is 6.21. The minimum Gasteiger partial charge on any atom is -0.477 e. The highest BCUT2D eigenvalue weighted by atomic mass is 32.2. The van der Waals surface area contributed by atoms with Gasteiger partial charge in [-0.3, -0.25) is 9.79 Å². The maximum atomic E-state index is 12.0. The lowest BCUT2D eigenvalue weighted by Gasteiger charge is -2.44. The monoisotopic (exact) mass is 369 g/mol. The van der Waals surface area contributed by atoms with Crippen LogP contribution in [0.25, 0.3) is 0 Å². The Labute approximate surface area is 148 Å². The van der Waals surface area contributed by atoms with Crippen molar-refractivity contribution in [3.8, 4) is 0 Å². The first-order valence-corrected chi connectivity index (χ1v) is 8.44. The van der Waals surface area contributed by atoms with Gasteiger partial charge in [-0.25, -0.2) is 9.59 Å². The molecule has 0 aliphatic carbocycles. The molecular weight excluding hydrogens is 350 g/mol. The van der Waals surface area contributed by atoms with Gasteiger partial charge < -0.3 is 25.6 Å². The molecule has 0 radical (unpaired) electrons. The Hall–Kier alpha value is -2.33. The van der Waals surface area contributed by atoms with E-state index in [9.17, 15) is 24.6 Å². The number of rotatable bonds is 8. The number of aliphatic hydroxyl groups excluding tert-OH is 1. The third-order valence-corrected chi connectivity index (χ3v) is 4.79. The Morgan fingerprint density at radius 2 is 2.28 bits per heavy atom. The highest BCUT2D eigenvalue weighted by Crippen LogP contribution is 2.47. The van der Waals surface area contributed by atoms with E-state index >= 15 is 0 Å². The minimum absolute atomic E-state index is 0.0883. The van der Waals surface area contributed by atoms with Crippen molar-refractivity contribution in [1.82, 2.24) is 4.90 Å². The first-order valence-electron chi connectivity index (χ1n) is 7.56. The fourth-order valence-electron chi connectivity index (χ4n) is 2.83. The van der Waals surface area contributed by atoms with Gasteiger partial charge in [0.1, 0.15) is 12.3 Å². The molecule has 2 rings (SSSR count). The van der Waals surface area contributed by atoms with Crippen LogP contribution in [-0.4, -0.2) is 64.6 Å². The normalized spacial score (nSPS) is 23.9. The minimum atomic E-state index is -1.21. The van der Waals surface area contributed by atoms with Crippen LogP contribution in [0.4, 0.5) is 0 Å². The summed E-state index contributed by atoms with van der Waals surface area (Å²) in [6.07, 6.45) is 1.78. The number of amides is 1. The number of carbonyl (C=O) groups is 3. The van der Waals surface area contributed by atoms with Gasteiger partial charge in [0.25, 0.3) is 0 Å². The van der Waals surface area contributed by atoms with E-state index in [0.29, 0.717) is 11.3 Å². The molecule has 136 valence electrons. The van der Waals surface area contributed by atoms with Crippen LogP contribution in [-0.2, 0) is 19.1 Å². The van der Waals surface area contributed by atoms with Crippen molar-refractivity contribution in [2.75, 3.05) is 13.2 Å². The molecule has 1 fully saturated rings. The smallest absolute Gasteiger partial charge is 0.353 e. The van der Waals surface area contributed by atoms with E-state index < -0.39 is 29.9 Å².